The second-order valence-corrected chi connectivity index (χ2v) is 10.8. The first kappa shape index (κ1) is 20.0. The van der Waals surface area contributed by atoms with E-state index in [0.717, 1.165) is 35.4 Å². The summed E-state index contributed by atoms with van der Waals surface area (Å²) < 4.78 is 0. The summed E-state index contributed by atoms with van der Waals surface area (Å²) in [4.78, 5) is 33.1. The van der Waals surface area contributed by atoms with Crippen LogP contribution in [0.15, 0.2) is 40.3 Å². The number of hydrogen-bond donors (Lipinski definition) is 1. The molecule has 0 spiro atoms. The van der Waals surface area contributed by atoms with Crippen LogP contribution in [0.2, 0.25) is 0 Å². The number of aromatic nitrogens is 2. The van der Waals surface area contributed by atoms with Crippen LogP contribution in [-0.2, 0) is 12.8 Å². The molecule has 6 rings (SSSR count). The number of aromatic amines is 1. The van der Waals surface area contributed by atoms with Gasteiger partial charge in [-0.2, -0.15) is 0 Å². The Morgan fingerprint density at radius 1 is 1.10 bits per heavy atom. The van der Waals surface area contributed by atoms with Gasteiger partial charge in [0, 0.05) is 11.1 Å². The number of H-pyrrole nitrogens is 1. The molecule has 30 heavy (non-hydrogen) atoms. The monoisotopic (exact) mass is 422 g/mol. The van der Waals surface area contributed by atoms with Crippen molar-refractivity contribution >= 4 is 17.5 Å². The molecule has 5 heteroatoms. The van der Waals surface area contributed by atoms with E-state index in [9.17, 15) is 9.59 Å². The Hall–Kier alpha value is -1.88. The Balaban J connectivity index is 1.36. The molecule has 1 aromatic heterocycles. The molecule has 1 heterocycles. The van der Waals surface area contributed by atoms with Crippen LogP contribution in [0.3, 0.4) is 0 Å². The summed E-state index contributed by atoms with van der Waals surface area (Å²) >= 11 is 1.35. The smallest absolute Gasteiger partial charge is 0.254 e. The van der Waals surface area contributed by atoms with Crippen LogP contribution in [-0.4, -0.2) is 21.5 Å². The number of nitrogens with zero attached hydrogens (tertiary/aromatic N) is 1. The zero-order valence-corrected chi connectivity index (χ0v) is 18.5. The van der Waals surface area contributed by atoms with E-state index in [1.807, 2.05) is 37.3 Å². The molecule has 158 valence electrons. The molecule has 0 radical (unpaired) electrons. The number of hydrogen-bond acceptors (Lipinski definition) is 4. The largest absolute Gasteiger partial charge is 0.301 e. The van der Waals surface area contributed by atoms with Gasteiger partial charge < -0.3 is 4.98 Å². The van der Waals surface area contributed by atoms with Gasteiger partial charge in [0.05, 0.1) is 11.4 Å². The second-order valence-electron chi connectivity index (χ2n) is 9.82. The molecule has 1 N–H and O–H groups in total. The van der Waals surface area contributed by atoms with E-state index >= 15 is 0 Å². The lowest BCUT2D eigenvalue weighted by Gasteiger charge is -2.57. The van der Waals surface area contributed by atoms with E-state index in [0.29, 0.717) is 22.6 Å². The lowest BCUT2D eigenvalue weighted by Crippen LogP contribution is -2.47. The average Bonchev–Trinajstić information content (AvgIpc) is 2.71. The summed E-state index contributed by atoms with van der Waals surface area (Å²) in [6, 6.07) is 9.31. The first-order valence-corrected chi connectivity index (χ1v) is 12.4. The highest BCUT2D eigenvalue weighted by atomic mass is 32.2. The Morgan fingerprint density at radius 3 is 2.33 bits per heavy atom. The molecule has 4 nitrogen and oxygen atoms in total. The maximum absolute atomic E-state index is 12.8. The van der Waals surface area contributed by atoms with E-state index in [1.54, 1.807) is 0 Å². The van der Waals surface area contributed by atoms with Gasteiger partial charge in [-0.1, -0.05) is 49.0 Å². The van der Waals surface area contributed by atoms with Gasteiger partial charge in [-0.3, -0.25) is 9.59 Å². The van der Waals surface area contributed by atoms with Gasteiger partial charge in [-0.25, -0.2) is 4.98 Å². The summed E-state index contributed by atoms with van der Waals surface area (Å²) in [5.74, 6) is 3.02. The third-order valence-corrected chi connectivity index (χ3v) is 8.45. The minimum absolute atomic E-state index is 0.0260. The Bertz CT molecular complexity index is 963. The van der Waals surface area contributed by atoms with Crippen LogP contribution in [0.25, 0.3) is 0 Å². The zero-order valence-electron chi connectivity index (χ0n) is 17.7. The number of carbonyl (C=O) groups excluding carboxylic acids is 1. The van der Waals surface area contributed by atoms with Crippen LogP contribution in [0.1, 0.15) is 67.1 Å². The van der Waals surface area contributed by atoms with Crippen LogP contribution in [0.5, 0.6) is 0 Å². The number of ketones is 1. The minimum Gasteiger partial charge on any atom is -0.301 e. The van der Waals surface area contributed by atoms with Crippen LogP contribution in [0, 0.1) is 23.2 Å². The number of thioether (sulfide) groups is 1. The second kappa shape index (κ2) is 7.99. The molecule has 4 aliphatic rings. The molecule has 0 aliphatic heterocycles. The molecule has 0 amide bonds. The van der Waals surface area contributed by atoms with Crippen molar-refractivity contribution in [3.8, 4) is 0 Å². The van der Waals surface area contributed by atoms with E-state index in [1.165, 1.54) is 50.3 Å². The van der Waals surface area contributed by atoms with E-state index in [-0.39, 0.29) is 17.1 Å². The van der Waals surface area contributed by atoms with E-state index in [4.69, 9.17) is 4.98 Å². The van der Waals surface area contributed by atoms with Crippen molar-refractivity contribution < 1.29 is 4.79 Å². The van der Waals surface area contributed by atoms with Gasteiger partial charge in [0.1, 0.15) is 0 Å². The van der Waals surface area contributed by atoms with Crippen LogP contribution < -0.4 is 5.56 Å². The quantitative estimate of drug-likeness (QED) is 0.385. The molecule has 4 saturated carbocycles. The zero-order chi connectivity index (χ0) is 20.7. The molecular weight excluding hydrogens is 392 g/mol. The predicted molar refractivity (Wildman–Crippen MR) is 120 cm³/mol. The highest BCUT2D eigenvalue weighted by molar-refractivity contribution is 7.99. The van der Waals surface area contributed by atoms with Gasteiger partial charge in [-0.15, -0.1) is 0 Å². The number of Topliss-reactive ketones (excluding diaryl/α,β-unsaturated/α-hetero) is 1. The molecule has 4 bridgehead atoms. The lowest BCUT2D eigenvalue weighted by atomic mass is 9.48. The van der Waals surface area contributed by atoms with Crippen LogP contribution in [0.4, 0.5) is 0 Å². The molecule has 1 aromatic carbocycles. The van der Waals surface area contributed by atoms with Crippen molar-refractivity contribution in [2.45, 2.75) is 63.4 Å². The fourth-order valence-electron chi connectivity index (χ4n) is 6.80. The Kier molecular flexibility index (Phi) is 5.34. The normalized spacial score (nSPS) is 29.3. The molecule has 0 unspecified atom stereocenters. The fourth-order valence-corrected chi connectivity index (χ4v) is 7.58. The number of benzene rings is 1. The average molecular weight is 423 g/mol. The molecule has 4 aliphatic carbocycles. The van der Waals surface area contributed by atoms with Crippen LogP contribution >= 0.6 is 11.8 Å². The van der Waals surface area contributed by atoms with E-state index in [2.05, 4.69) is 4.98 Å². The number of nitrogens with one attached hydrogen (secondary N) is 1. The van der Waals surface area contributed by atoms with Crippen molar-refractivity contribution in [2.24, 2.45) is 23.2 Å². The molecular formula is C25H30N2O2S. The SMILES string of the molecule is CCc1c(CC23CC4CC(CC(C4)C2)C3)nc(SCC(=O)c2ccccc2)[nH]c1=O. The topological polar surface area (TPSA) is 62.8 Å². The lowest BCUT2D eigenvalue weighted by molar-refractivity contribution is -0.0528. The standard InChI is InChI=1S/C25H30N2O2S/c1-2-20-21(14-25-11-16-8-17(12-25)10-18(9-16)13-25)26-24(27-23(20)29)30-15-22(28)19-6-4-3-5-7-19/h3-7,16-18H,2,8-15H2,1H3,(H,26,27,29). The summed E-state index contributed by atoms with van der Waals surface area (Å²) in [5, 5.41) is 0.584. The van der Waals surface area contributed by atoms with Crippen molar-refractivity contribution in [2.75, 3.05) is 5.75 Å². The molecule has 2 aromatic rings. The summed E-state index contributed by atoms with van der Waals surface area (Å²) in [6.45, 7) is 2.04. The van der Waals surface area contributed by atoms with Crippen molar-refractivity contribution in [1.82, 2.24) is 9.97 Å². The minimum atomic E-state index is -0.0260. The third-order valence-electron chi connectivity index (χ3n) is 7.58. The summed E-state index contributed by atoms with van der Waals surface area (Å²) in [5.41, 5.74) is 2.84. The highest BCUT2D eigenvalue weighted by Crippen LogP contribution is 2.61. The fraction of sp³-hybridized carbons (Fsp3) is 0.560. The maximum Gasteiger partial charge on any atom is 0.254 e. The predicted octanol–water partition coefficient (Wildman–Crippen LogP) is 5.07. The van der Waals surface area contributed by atoms with Gasteiger partial charge in [-0.05, 0) is 74.5 Å². The maximum atomic E-state index is 12.8. The number of carbonyl (C=O) groups is 1. The van der Waals surface area contributed by atoms with Crippen molar-refractivity contribution in [3.05, 3.63) is 57.5 Å². The Morgan fingerprint density at radius 2 is 1.73 bits per heavy atom. The van der Waals surface area contributed by atoms with Gasteiger partial charge in [0.15, 0.2) is 10.9 Å². The highest BCUT2D eigenvalue weighted by Gasteiger charge is 2.51. The Labute approximate surface area is 182 Å². The molecule has 0 saturated heterocycles. The van der Waals surface area contributed by atoms with Gasteiger partial charge >= 0.3 is 0 Å². The first-order chi connectivity index (χ1) is 14.5. The van der Waals surface area contributed by atoms with Crippen molar-refractivity contribution in [1.29, 1.82) is 0 Å². The third kappa shape index (κ3) is 3.89. The van der Waals surface area contributed by atoms with Gasteiger partial charge in [0.2, 0.25) is 0 Å². The first-order valence-electron chi connectivity index (χ1n) is 11.4. The van der Waals surface area contributed by atoms with Gasteiger partial charge in [0.25, 0.3) is 5.56 Å². The number of rotatable bonds is 7. The molecule has 0 atom stereocenters. The summed E-state index contributed by atoms with van der Waals surface area (Å²) in [6.07, 6.45) is 9.84. The van der Waals surface area contributed by atoms with Crippen molar-refractivity contribution in [3.63, 3.8) is 0 Å². The van der Waals surface area contributed by atoms with E-state index < -0.39 is 0 Å². The summed E-state index contributed by atoms with van der Waals surface area (Å²) in [7, 11) is 0. The molecule has 4 fully saturated rings.